The first kappa shape index (κ1) is 20.6. The molecule has 0 aromatic heterocycles. The van der Waals surface area contributed by atoms with Crippen LogP contribution in [-0.2, 0) is 6.61 Å². The Bertz CT molecular complexity index is 1150. The number of benzene rings is 2. The first-order valence-electron chi connectivity index (χ1n) is 10.5. The number of aliphatic hydroxyl groups is 1. The molecule has 0 spiro atoms. The van der Waals surface area contributed by atoms with E-state index in [9.17, 15) is 5.11 Å². The summed E-state index contributed by atoms with van der Waals surface area (Å²) >= 11 is 0. The lowest BCUT2D eigenvalue weighted by atomic mass is 9.87. The average Bonchev–Trinajstić information content (AvgIpc) is 2.73. The number of hydrogen-bond acceptors (Lipinski definition) is 2. The molecule has 2 aromatic carbocycles. The quantitative estimate of drug-likeness (QED) is 0.611. The molecule has 4 rings (SSSR count). The number of anilines is 1. The zero-order valence-corrected chi connectivity index (χ0v) is 19.8. The van der Waals surface area contributed by atoms with Gasteiger partial charge in [0.05, 0.1) is 6.61 Å². The summed E-state index contributed by atoms with van der Waals surface area (Å²) in [4.78, 5) is 2.18. The van der Waals surface area contributed by atoms with E-state index in [-0.39, 0.29) is 6.61 Å². The number of allylic oxidation sites excluding steroid dienone is 5. The maximum Gasteiger partial charge on any atom is 0.196 e. The molecule has 0 unspecified atom stereocenters. The predicted molar refractivity (Wildman–Crippen MR) is 131 cm³/mol. The summed E-state index contributed by atoms with van der Waals surface area (Å²) in [7, 11) is 6.48. The van der Waals surface area contributed by atoms with E-state index in [2.05, 4.69) is 99.3 Å². The predicted octanol–water partition coefficient (Wildman–Crippen LogP) is 3.72. The Balaban J connectivity index is 2.11. The highest BCUT2D eigenvalue weighted by atomic mass is 28.3. The van der Waals surface area contributed by atoms with E-state index in [4.69, 9.17) is 0 Å². The molecule has 3 nitrogen and oxygen atoms in total. The van der Waals surface area contributed by atoms with Crippen molar-refractivity contribution in [3.8, 4) is 0 Å². The van der Waals surface area contributed by atoms with Gasteiger partial charge in [0.15, 0.2) is 5.71 Å². The Morgan fingerprint density at radius 1 is 0.967 bits per heavy atom. The Morgan fingerprint density at radius 2 is 1.70 bits per heavy atom. The minimum atomic E-state index is -1.93. The molecular formula is C26H31N2OSi. The third-order valence-corrected chi connectivity index (χ3v) is 9.90. The average molecular weight is 416 g/mol. The minimum absolute atomic E-state index is 0.0384. The van der Waals surface area contributed by atoms with Crippen molar-refractivity contribution in [3.63, 3.8) is 0 Å². The van der Waals surface area contributed by atoms with Crippen LogP contribution in [0.3, 0.4) is 0 Å². The van der Waals surface area contributed by atoms with Gasteiger partial charge in [-0.2, -0.15) is 23.5 Å². The topological polar surface area (TPSA) is 26.5 Å². The van der Waals surface area contributed by atoms with Gasteiger partial charge in [-0.3, -0.25) is 0 Å². The van der Waals surface area contributed by atoms with Crippen LogP contribution in [0.25, 0.3) is 5.57 Å². The van der Waals surface area contributed by atoms with Gasteiger partial charge < -0.3 is 10.0 Å². The molecule has 1 heterocycles. The van der Waals surface area contributed by atoms with E-state index in [1.54, 1.807) is 0 Å². The molecule has 0 amide bonds. The highest BCUT2D eigenvalue weighted by Crippen LogP contribution is 2.42. The molecule has 2 aliphatic rings. The summed E-state index contributed by atoms with van der Waals surface area (Å²) in [5.41, 5.74) is 8.42. The fraction of sp³-hybridized carbons (Fsp3) is 0.269. The molecular weight excluding hydrogens is 384 g/mol. The highest BCUT2D eigenvalue weighted by molar-refractivity contribution is 6.98. The molecule has 0 radical (unpaired) electrons. The van der Waals surface area contributed by atoms with E-state index in [0.717, 1.165) is 11.1 Å². The van der Waals surface area contributed by atoms with Crippen molar-refractivity contribution in [1.29, 1.82) is 0 Å². The summed E-state index contributed by atoms with van der Waals surface area (Å²) in [5.74, 6) is 0. The molecule has 4 heteroatoms. The van der Waals surface area contributed by atoms with E-state index in [1.165, 1.54) is 38.5 Å². The van der Waals surface area contributed by atoms with Crippen molar-refractivity contribution in [3.05, 3.63) is 88.2 Å². The molecule has 0 saturated heterocycles. The first-order chi connectivity index (χ1) is 14.3. The third-order valence-electron chi connectivity index (χ3n) is 6.38. The number of nitrogens with zero attached hydrogens (tertiary/aromatic N) is 2. The molecule has 0 atom stereocenters. The number of fused-ring (bicyclic) bond motifs is 2. The molecule has 2 aromatic rings. The normalized spacial score (nSPS) is 16.8. The van der Waals surface area contributed by atoms with E-state index in [1.807, 2.05) is 12.1 Å². The zero-order valence-electron chi connectivity index (χ0n) is 18.8. The summed E-state index contributed by atoms with van der Waals surface area (Å²) < 4.78 is 2.18. The van der Waals surface area contributed by atoms with Gasteiger partial charge in [-0.05, 0) is 40.0 Å². The van der Waals surface area contributed by atoms with Crippen LogP contribution in [-0.4, -0.2) is 51.7 Å². The summed E-state index contributed by atoms with van der Waals surface area (Å²) in [6.07, 6.45) is 6.88. The van der Waals surface area contributed by atoms with Crippen molar-refractivity contribution < 1.29 is 9.68 Å². The van der Waals surface area contributed by atoms with Crippen LogP contribution in [0, 0.1) is 0 Å². The second-order valence-corrected chi connectivity index (χ2v) is 13.4. The molecule has 0 bridgehead atoms. The number of aliphatic hydroxyl groups excluding tert-OH is 1. The molecule has 1 N–H and O–H groups in total. The lowest BCUT2D eigenvalue weighted by molar-refractivity contribution is -0.462. The van der Waals surface area contributed by atoms with Crippen LogP contribution in [0.5, 0.6) is 0 Å². The van der Waals surface area contributed by atoms with Crippen LogP contribution in [0.4, 0.5) is 5.69 Å². The van der Waals surface area contributed by atoms with E-state index >= 15 is 0 Å². The summed E-state index contributed by atoms with van der Waals surface area (Å²) in [5, 5.41) is 13.0. The van der Waals surface area contributed by atoms with Gasteiger partial charge in [0, 0.05) is 25.9 Å². The van der Waals surface area contributed by atoms with Crippen molar-refractivity contribution >= 4 is 30.2 Å². The fourth-order valence-electron chi connectivity index (χ4n) is 4.57. The Hall–Kier alpha value is -2.69. The maximum atomic E-state index is 10.1. The van der Waals surface area contributed by atoms with Crippen molar-refractivity contribution in [2.75, 3.05) is 33.1 Å². The monoisotopic (exact) mass is 415 g/mol. The second kappa shape index (κ2) is 7.53. The zero-order chi connectivity index (χ0) is 21.6. The summed E-state index contributed by atoms with van der Waals surface area (Å²) in [6.45, 7) is 4.95. The SMILES string of the molecule is CN(C)c1ccc2c(c1)[Si-](C)(C)C1=CC(=[N+](C)C)C=CC1=C2c1ccccc1CO. The Morgan fingerprint density at radius 3 is 2.37 bits per heavy atom. The van der Waals surface area contributed by atoms with Crippen molar-refractivity contribution in [2.24, 2.45) is 0 Å². The molecule has 1 aliphatic carbocycles. The molecule has 155 valence electrons. The van der Waals surface area contributed by atoms with Crippen LogP contribution >= 0.6 is 0 Å². The maximum absolute atomic E-state index is 10.1. The van der Waals surface area contributed by atoms with Gasteiger partial charge in [0.2, 0.25) is 0 Å². The molecule has 0 saturated carbocycles. The van der Waals surface area contributed by atoms with Gasteiger partial charge in [-0.25, -0.2) is 4.58 Å². The second-order valence-electron chi connectivity index (χ2n) is 9.06. The summed E-state index contributed by atoms with van der Waals surface area (Å²) in [6, 6.07) is 15.1. The third kappa shape index (κ3) is 3.20. The molecule has 1 aliphatic heterocycles. The van der Waals surface area contributed by atoms with Crippen molar-refractivity contribution in [1.82, 2.24) is 0 Å². The number of rotatable bonds is 3. The molecule has 30 heavy (non-hydrogen) atoms. The van der Waals surface area contributed by atoms with Crippen LogP contribution in [0.15, 0.2) is 71.5 Å². The largest absolute Gasteiger partial charge is 0.392 e. The minimum Gasteiger partial charge on any atom is -0.392 e. The van der Waals surface area contributed by atoms with Crippen LogP contribution in [0.2, 0.25) is 13.1 Å². The van der Waals surface area contributed by atoms with Gasteiger partial charge in [-0.1, -0.05) is 50.5 Å². The van der Waals surface area contributed by atoms with Gasteiger partial charge in [0.25, 0.3) is 0 Å². The Labute approximate surface area is 181 Å². The van der Waals surface area contributed by atoms with Crippen LogP contribution < -0.4 is 10.1 Å². The smallest absolute Gasteiger partial charge is 0.196 e. The van der Waals surface area contributed by atoms with Crippen molar-refractivity contribution in [2.45, 2.75) is 19.7 Å². The Kier molecular flexibility index (Phi) is 5.16. The number of hydrogen-bond donors (Lipinski definition) is 1. The molecule has 0 fully saturated rings. The van der Waals surface area contributed by atoms with Gasteiger partial charge >= 0.3 is 0 Å². The first-order valence-corrected chi connectivity index (χ1v) is 13.5. The fourth-order valence-corrected chi connectivity index (χ4v) is 7.64. The van der Waals surface area contributed by atoms with Gasteiger partial charge in [0.1, 0.15) is 14.1 Å². The van der Waals surface area contributed by atoms with Crippen LogP contribution in [0.1, 0.15) is 16.7 Å². The van der Waals surface area contributed by atoms with E-state index < -0.39 is 8.07 Å². The van der Waals surface area contributed by atoms with E-state index in [0.29, 0.717) is 0 Å². The lowest BCUT2D eigenvalue weighted by Gasteiger charge is -2.47. The standard InChI is InChI=1S/C26H31N2OSi/c1-27(2)19-11-13-22-24(15-19)30(5,6)25-16-20(28(3)4)12-14-23(25)26(22)21-10-8-7-9-18(21)17-29/h7-16,29H,17H2,1-6H3. The highest BCUT2D eigenvalue weighted by Gasteiger charge is 2.32. The lowest BCUT2D eigenvalue weighted by Crippen LogP contribution is -2.49. The van der Waals surface area contributed by atoms with Gasteiger partial charge in [-0.15, -0.1) is 0 Å².